The Morgan fingerprint density at radius 3 is 2.77 bits per heavy atom. The van der Waals surface area contributed by atoms with E-state index in [0.29, 0.717) is 12.5 Å². The van der Waals surface area contributed by atoms with Crippen molar-refractivity contribution in [2.75, 3.05) is 20.1 Å². The van der Waals surface area contributed by atoms with Gasteiger partial charge in [0.1, 0.15) is 0 Å². The van der Waals surface area contributed by atoms with Crippen molar-refractivity contribution < 1.29 is 4.79 Å². The van der Waals surface area contributed by atoms with E-state index in [1.165, 1.54) is 24.8 Å². The summed E-state index contributed by atoms with van der Waals surface area (Å²) in [4.78, 5) is 23.7. The fourth-order valence-corrected chi connectivity index (χ4v) is 4.63. The molecule has 31 heavy (non-hydrogen) atoms. The van der Waals surface area contributed by atoms with Crippen LogP contribution < -0.4 is 10.6 Å². The summed E-state index contributed by atoms with van der Waals surface area (Å²) in [5.41, 5.74) is 3.25. The predicted molar refractivity (Wildman–Crippen MR) is 125 cm³/mol. The first kappa shape index (κ1) is 21.3. The second kappa shape index (κ2) is 10.4. The maximum atomic E-state index is 12.8. The predicted octanol–water partition coefficient (Wildman–Crippen LogP) is 3.59. The van der Waals surface area contributed by atoms with Crippen LogP contribution >= 0.6 is 0 Å². The van der Waals surface area contributed by atoms with Gasteiger partial charge in [-0.1, -0.05) is 43.5 Å². The Balaban J connectivity index is 1.28. The summed E-state index contributed by atoms with van der Waals surface area (Å²) in [5.74, 6) is 1.38. The molecule has 1 aromatic carbocycles. The lowest BCUT2D eigenvalue weighted by Crippen LogP contribution is -2.45. The van der Waals surface area contributed by atoms with E-state index in [0.717, 1.165) is 49.6 Å². The number of rotatable bonds is 5. The lowest BCUT2D eigenvalue weighted by atomic mass is 9.88. The molecular formula is C25H33N5O. The molecule has 1 aliphatic carbocycles. The van der Waals surface area contributed by atoms with Gasteiger partial charge < -0.3 is 15.5 Å². The molecular weight excluding hydrogens is 386 g/mol. The molecule has 1 aromatic heterocycles. The van der Waals surface area contributed by atoms with E-state index in [9.17, 15) is 4.79 Å². The molecule has 2 aromatic rings. The van der Waals surface area contributed by atoms with Gasteiger partial charge in [-0.3, -0.25) is 14.8 Å². The Kier molecular flexibility index (Phi) is 7.18. The third kappa shape index (κ3) is 5.63. The fraction of sp³-hybridized carbons (Fsp3) is 0.480. The summed E-state index contributed by atoms with van der Waals surface area (Å²) in [6.45, 7) is 2.29. The summed E-state index contributed by atoms with van der Waals surface area (Å²) in [5, 5.41) is 6.92. The zero-order valence-electron chi connectivity index (χ0n) is 18.4. The van der Waals surface area contributed by atoms with Crippen molar-refractivity contribution in [1.82, 2.24) is 20.5 Å². The molecule has 4 rings (SSSR count). The minimum absolute atomic E-state index is 0.247. The molecule has 0 spiro atoms. The number of likely N-dealkylation sites (tertiary alicyclic amines) is 1. The highest BCUT2D eigenvalue weighted by Gasteiger charge is 2.31. The average molecular weight is 420 g/mol. The van der Waals surface area contributed by atoms with Gasteiger partial charge in [0.05, 0.1) is 5.69 Å². The number of pyridine rings is 1. The summed E-state index contributed by atoms with van der Waals surface area (Å²) >= 11 is 0. The first-order valence-corrected chi connectivity index (χ1v) is 11.5. The minimum Gasteiger partial charge on any atom is -0.352 e. The molecule has 6 heteroatoms. The van der Waals surface area contributed by atoms with Gasteiger partial charge in [-0.25, -0.2) is 0 Å². The van der Waals surface area contributed by atoms with Crippen molar-refractivity contribution in [1.29, 1.82) is 0 Å². The van der Waals surface area contributed by atoms with Gasteiger partial charge in [0, 0.05) is 50.4 Å². The third-order valence-electron chi connectivity index (χ3n) is 6.37. The molecule has 1 saturated heterocycles. The van der Waals surface area contributed by atoms with Crippen molar-refractivity contribution in [2.45, 2.75) is 51.1 Å². The number of nitrogens with one attached hydrogen (secondary N) is 2. The van der Waals surface area contributed by atoms with E-state index < -0.39 is 0 Å². The molecule has 2 N–H and O–H groups in total. The maximum Gasteiger partial charge on any atom is 0.225 e. The second-order valence-corrected chi connectivity index (χ2v) is 8.59. The number of benzene rings is 1. The second-order valence-electron chi connectivity index (χ2n) is 8.59. The molecule has 1 saturated carbocycles. The van der Waals surface area contributed by atoms with Crippen molar-refractivity contribution in [3.05, 3.63) is 54.2 Å². The summed E-state index contributed by atoms with van der Waals surface area (Å²) < 4.78 is 0. The molecule has 1 amide bonds. The van der Waals surface area contributed by atoms with Crippen LogP contribution in [0, 0.1) is 5.92 Å². The Labute approximate surface area is 185 Å². The van der Waals surface area contributed by atoms with Crippen LogP contribution in [0.2, 0.25) is 0 Å². The average Bonchev–Trinajstić information content (AvgIpc) is 3.31. The number of nitrogens with zero attached hydrogens (tertiary/aromatic N) is 3. The Bertz CT molecular complexity index is 892. The van der Waals surface area contributed by atoms with Crippen molar-refractivity contribution in [2.24, 2.45) is 10.9 Å². The van der Waals surface area contributed by atoms with Crippen LogP contribution in [0.4, 0.5) is 0 Å². The zero-order chi connectivity index (χ0) is 21.5. The van der Waals surface area contributed by atoms with Crippen LogP contribution in [-0.4, -0.2) is 47.9 Å². The smallest absolute Gasteiger partial charge is 0.225 e. The van der Waals surface area contributed by atoms with E-state index in [4.69, 9.17) is 0 Å². The normalized spacial score (nSPS) is 20.0. The quantitative estimate of drug-likeness (QED) is 0.574. The first-order chi connectivity index (χ1) is 15.2. The summed E-state index contributed by atoms with van der Waals surface area (Å²) in [6, 6.07) is 14.6. The number of carbonyl (C=O) groups is 1. The highest BCUT2D eigenvalue weighted by Crippen LogP contribution is 2.26. The Hall–Kier alpha value is -2.89. The number of hydrogen-bond acceptors (Lipinski definition) is 3. The number of carbonyl (C=O) groups excluding carboxylic acids is 1. The molecule has 1 atom stereocenters. The number of hydrogen-bond donors (Lipinski definition) is 2. The van der Waals surface area contributed by atoms with Gasteiger partial charge in [0.25, 0.3) is 0 Å². The van der Waals surface area contributed by atoms with E-state index in [-0.39, 0.29) is 12.0 Å². The van der Waals surface area contributed by atoms with Crippen molar-refractivity contribution in [3.8, 4) is 11.3 Å². The third-order valence-corrected chi connectivity index (χ3v) is 6.37. The van der Waals surface area contributed by atoms with Gasteiger partial charge in [0.15, 0.2) is 5.96 Å². The van der Waals surface area contributed by atoms with Gasteiger partial charge in [-0.15, -0.1) is 0 Å². The van der Waals surface area contributed by atoms with Crippen LogP contribution in [0.3, 0.4) is 0 Å². The number of aromatic nitrogens is 1. The largest absolute Gasteiger partial charge is 0.352 e. The van der Waals surface area contributed by atoms with Gasteiger partial charge in [-0.05, 0) is 43.0 Å². The topological polar surface area (TPSA) is 69.6 Å². The van der Waals surface area contributed by atoms with E-state index in [1.54, 1.807) is 7.05 Å². The van der Waals surface area contributed by atoms with Crippen LogP contribution in [0.25, 0.3) is 11.3 Å². The minimum atomic E-state index is 0.247. The molecule has 2 fully saturated rings. The van der Waals surface area contributed by atoms with Crippen LogP contribution in [0.5, 0.6) is 0 Å². The Morgan fingerprint density at radius 1 is 1.13 bits per heavy atom. The summed E-state index contributed by atoms with van der Waals surface area (Å²) in [6.07, 6.45) is 8.58. The SMILES string of the molecule is CN=C(NCc1cccc(-c2ccccn2)c1)NC1CCN(C(=O)C2CCCCC2)C1. The molecule has 0 radical (unpaired) electrons. The van der Waals surface area contributed by atoms with E-state index in [2.05, 4.69) is 49.8 Å². The summed E-state index contributed by atoms with van der Waals surface area (Å²) in [7, 11) is 1.79. The highest BCUT2D eigenvalue weighted by molar-refractivity contribution is 5.81. The van der Waals surface area contributed by atoms with Gasteiger partial charge in [0.2, 0.25) is 5.91 Å². The van der Waals surface area contributed by atoms with Crippen LogP contribution in [-0.2, 0) is 11.3 Å². The lowest BCUT2D eigenvalue weighted by molar-refractivity contribution is -0.135. The van der Waals surface area contributed by atoms with Crippen molar-refractivity contribution >= 4 is 11.9 Å². The van der Waals surface area contributed by atoms with E-state index >= 15 is 0 Å². The standard InChI is InChI=1S/C25H33N5O/c1-26-25(28-17-19-8-7-11-21(16-19)23-12-5-6-14-27-23)29-22-13-15-30(18-22)24(31)20-9-3-2-4-10-20/h5-8,11-12,14,16,20,22H,2-4,9-10,13,15,17-18H2,1H3,(H2,26,28,29). The Morgan fingerprint density at radius 2 is 2.00 bits per heavy atom. The van der Waals surface area contributed by atoms with Gasteiger partial charge >= 0.3 is 0 Å². The highest BCUT2D eigenvalue weighted by atomic mass is 16.2. The molecule has 164 valence electrons. The lowest BCUT2D eigenvalue weighted by Gasteiger charge is -2.26. The molecule has 2 aliphatic rings. The maximum absolute atomic E-state index is 12.8. The number of guanidine groups is 1. The molecule has 0 bridgehead atoms. The molecule has 1 unspecified atom stereocenters. The zero-order valence-corrected chi connectivity index (χ0v) is 18.4. The number of amides is 1. The molecule has 6 nitrogen and oxygen atoms in total. The van der Waals surface area contributed by atoms with Crippen molar-refractivity contribution in [3.63, 3.8) is 0 Å². The molecule has 1 aliphatic heterocycles. The molecule has 2 heterocycles. The van der Waals surface area contributed by atoms with Crippen LogP contribution in [0.15, 0.2) is 53.7 Å². The number of aliphatic imine (C=N–C) groups is 1. The van der Waals surface area contributed by atoms with E-state index in [1.807, 2.05) is 24.4 Å². The van der Waals surface area contributed by atoms with Gasteiger partial charge in [-0.2, -0.15) is 0 Å². The van der Waals surface area contributed by atoms with Crippen LogP contribution in [0.1, 0.15) is 44.1 Å². The fourth-order valence-electron chi connectivity index (χ4n) is 4.63. The first-order valence-electron chi connectivity index (χ1n) is 11.5. The monoisotopic (exact) mass is 419 g/mol.